The fourth-order valence-corrected chi connectivity index (χ4v) is 3.01. The molecule has 0 radical (unpaired) electrons. The van der Waals surface area contributed by atoms with E-state index in [1.807, 2.05) is 0 Å². The van der Waals surface area contributed by atoms with E-state index in [2.05, 4.69) is 28.2 Å². The molecule has 0 spiro atoms. The molecule has 0 fully saturated rings. The molecule has 0 atom stereocenters. The van der Waals surface area contributed by atoms with E-state index in [0.29, 0.717) is 13.2 Å². The topological polar surface area (TPSA) is 40.5 Å². The van der Waals surface area contributed by atoms with Gasteiger partial charge >= 0.3 is 0 Å². The highest BCUT2D eigenvalue weighted by atomic mass is 16.3. The number of unbranched alkanes of at least 4 members (excludes halogenated alkanes) is 5. The van der Waals surface area contributed by atoms with Gasteiger partial charge in [-0.25, -0.2) is 0 Å². The van der Waals surface area contributed by atoms with Gasteiger partial charge in [-0.15, -0.1) is 0 Å². The van der Waals surface area contributed by atoms with Crippen LogP contribution in [-0.4, -0.2) is 86.8 Å². The Bertz CT molecular complexity index is 229. The number of rotatable bonds is 15. The summed E-state index contributed by atoms with van der Waals surface area (Å²) in [5.74, 6) is 0. The molecule has 0 bridgehead atoms. The fraction of sp³-hybridized carbons (Fsp3) is 1.00. The molecule has 4 nitrogen and oxygen atoms in total. The molecule has 0 rings (SSSR count). The maximum Gasteiger partial charge on any atom is 0.0804 e. The molecule has 0 unspecified atom stereocenters. The first-order valence-corrected chi connectivity index (χ1v) is 9.19. The van der Waals surface area contributed by atoms with Crippen LogP contribution in [0.1, 0.15) is 51.4 Å². The minimum atomic E-state index is 0.314. The number of aliphatic hydroxyl groups is 2. The van der Waals surface area contributed by atoms with Crippen LogP contribution in [0, 0.1) is 0 Å². The highest BCUT2D eigenvalue weighted by Crippen LogP contribution is 2.10. The van der Waals surface area contributed by atoms with Crippen LogP contribution in [0.25, 0.3) is 0 Å². The van der Waals surface area contributed by atoms with E-state index in [0.717, 1.165) is 34.9 Å². The van der Waals surface area contributed by atoms with Crippen molar-refractivity contribution >= 4 is 0 Å². The van der Waals surface area contributed by atoms with Crippen molar-refractivity contribution in [1.29, 1.82) is 0 Å². The summed E-state index contributed by atoms with van der Waals surface area (Å²) in [6.07, 6.45) is 9.81. The predicted molar refractivity (Wildman–Crippen MR) is 94.8 cm³/mol. The van der Waals surface area contributed by atoms with Gasteiger partial charge in [0.05, 0.1) is 54.4 Å². The van der Waals surface area contributed by atoms with Crippen LogP contribution in [0.3, 0.4) is 0 Å². The molecule has 2 N–H and O–H groups in total. The summed E-state index contributed by atoms with van der Waals surface area (Å²) in [7, 11) is 9.06. The summed E-state index contributed by atoms with van der Waals surface area (Å²) >= 11 is 0. The van der Waals surface area contributed by atoms with Crippen LogP contribution in [0.15, 0.2) is 0 Å². The molecule has 22 heavy (non-hydrogen) atoms. The van der Waals surface area contributed by atoms with Gasteiger partial charge in [0.25, 0.3) is 0 Å². The van der Waals surface area contributed by atoms with Crippen molar-refractivity contribution in [3.8, 4) is 0 Å². The molecule has 0 aromatic carbocycles. The Labute approximate surface area is 138 Å². The Kier molecular flexibility index (Phi) is 12.2. The third-order valence-corrected chi connectivity index (χ3v) is 4.62. The van der Waals surface area contributed by atoms with Gasteiger partial charge in [0.1, 0.15) is 0 Å². The molecule has 0 saturated heterocycles. The SMILES string of the molecule is C[N+](C)(CCCO)CCCCCCCC[N+](C)(C)CCCO. The van der Waals surface area contributed by atoms with Gasteiger partial charge in [-0.05, 0) is 25.7 Å². The van der Waals surface area contributed by atoms with E-state index in [1.165, 1.54) is 51.6 Å². The van der Waals surface area contributed by atoms with E-state index < -0.39 is 0 Å². The molecular weight excluding hydrogens is 276 g/mol. The number of aliphatic hydroxyl groups excluding tert-OH is 2. The molecular formula is C18H42N2O2+2. The van der Waals surface area contributed by atoms with Crippen LogP contribution >= 0.6 is 0 Å². The highest BCUT2D eigenvalue weighted by Gasteiger charge is 2.14. The van der Waals surface area contributed by atoms with Crippen LogP contribution in [0.5, 0.6) is 0 Å². The van der Waals surface area contributed by atoms with Crippen molar-refractivity contribution in [2.24, 2.45) is 0 Å². The molecule has 0 saturated carbocycles. The van der Waals surface area contributed by atoms with E-state index in [-0.39, 0.29) is 0 Å². The van der Waals surface area contributed by atoms with Crippen molar-refractivity contribution < 1.29 is 19.2 Å². The quantitative estimate of drug-likeness (QED) is 0.359. The van der Waals surface area contributed by atoms with E-state index in [1.54, 1.807) is 0 Å². The van der Waals surface area contributed by atoms with Gasteiger partial charge in [-0.3, -0.25) is 0 Å². The zero-order valence-corrected chi connectivity index (χ0v) is 15.7. The van der Waals surface area contributed by atoms with Crippen molar-refractivity contribution in [2.45, 2.75) is 51.4 Å². The largest absolute Gasteiger partial charge is 0.396 e. The lowest BCUT2D eigenvalue weighted by molar-refractivity contribution is -0.890. The van der Waals surface area contributed by atoms with E-state index in [4.69, 9.17) is 10.2 Å². The molecule has 0 aromatic heterocycles. The van der Waals surface area contributed by atoms with E-state index in [9.17, 15) is 0 Å². The normalized spacial score (nSPS) is 12.8. The van der Waals surface area contributed by atoms with Gasteiger partial charge in [0, 0.05) is 26.1 Å². The zero-order valence-electron chi connectivity index (χ0n) is 15.7. The lowest BCUT2D eigenvalue weighted by Crippen LogP contribution is -2.41. The summed E-state index contributed by atoms with van der Waals surface area (Å²) in [4.78, 5) is 0. The third kappa shape index (κ3) is 13.5. The number of hydrogen-bond donors (Lipinski definition) is 2. The third-order valence-electron chi connectivity index (χ3n) is 4.62. The summed E-state index contributed by atoms with van der Waals surface area (Å²) in [5, 5.41) is 17.8. The first kappa shape index (κ1) is 21.8. The summed E-state index contributed by atoms with van der Waals surface area (Å²) in [5.41, 5.74) is 0. The Hall–Kier alpha value is -0.160. The Morgan fingerprint density at radius 3 is 1.05 bits per heavy atom. The molecule has 0 heterocycles. The lowest BCUT2D eigenvalue weighted by atomic mass is 10.1. The predicted octanol–water partition coefficient (Wildman–Crippen LogP) is 2.24. The Morgan fingerprint density at radius 2 is 0.727 bits per heavy atom. The average molecular weight is 319 g/mol. The second kappa shape index (κ2) is 12.3. The molecule has 0 aliphatic carbocycles. The van der Waals surface area contributed by atoms with Gasteiger partial charge in [0.2, 0.25) is 0 Å². The van der Waals surface area contributed by atoms with Crippen molar-refractivity contribution in [1.82, 2.24) is 0 Å². The Morgan fingerprint density at radius 1 is 0.455 bits per heavy atom. The zero-order chi connectivity index (χ0) is 16.9. The van der Waals surface area contributed by atoms with Gasteiger partial charge in [-0.2, -0.15) is 0 Å². The van der Waals surface area contributed by atoms with E-state index >= 15 is 0 Å². The first-order valence-electron chi connectivity index (χ1n) is 9.19. The number of hydrogen-bond acceptors (Lipinski definition) is 2. The second-order valence-electron chi connectivity index (χ2n) is 8.04. The molecule has 0 aromatic rings. The average Bonchev–Trinajstić information content (AvgIpc) is 2.46. The van der Waals surface area contributed by atoms with Crippen LogP contribution in [-0.2, 0) is 0 Å². The minimum absolute atomic E-state index is 0.314. The molecule has 4 heteroatoms. The Balaban J connectivity index is 3.47. The first-order chi connectivity index (χ1) is 10.3. The number of quaternary nitrogens is 2. The monoisotopic (exact) mass is 318 g/mol. The van der Waals surface area contributed by atoms with Crippen LogP contribution in [0.4, 0.5) is 0 Å². The van der Waals surface area contributed by atoms with Gasteiger partial charge in [-0.1, -0.05) is 12.8 Å². The second-order valence-corrected chi connectivity index (χ2v) is 8.04. The lowest BCUT2D eigenvalue weighted by Gasteiger charge is -2.30. The van der Waals surface area contributed by atoms with Gasteiger partial charge < -0.3 is 19.2 Å². The van der Waals surface area contributed by atoms with Crippen molar-refractivity contribution in [2.75, 3.05) is 67.6 Å². The minimum Gasteiger partial charge on any atom is -0.396 e. The molecule has 0 amide bonds. The van der Waals surface area contributed by atoms with Crippen molar-refractivity contribution in [3.05, 3.63) is 0 Å². The molecule has 0 aliphatic heterocycles. The standard InChI is InChI=1S/C18H42N2O2/c1-19(2,15-11-17-21)13-9-7-5-6-8-10-14-20(3,4)16-12-18-22/h21-22H,5-18H2,1-4H3/q+2. The summed E-state index contributed by atoms with van der Waals surface area (Å²) in [6, 6.07) is 0. The smallest absolute Gasteiger partial charge is 0.0804 e. The highest BCUT2D eigenvalue weighted by molar-refractivity contribution is 4.47. The number of nitrogens with zero attached hydrogens (tertiary/aromatic N) is 2. The molecule has 0 aliphatic rings. The summed E-state index contributed by atoms with van der Waals surface area (Å²) in [6.45, 7) is 5.24. The van der Waals surface area contributed by atoms with Crippen LogP contribution < -0.4 is 0 Å². The maximum absolute atomic E-state index is 8.90. The van der Waals surface area contributed by atoms with Crippen molar-refractivity contribution in [3.63, 3.8) is 0 Å². The van der Waals surface area contributed by atoms with Crippen LogP contribution in [0.2, 0.25) is 0 Å². The van der Waals surface area contributed by atoms with Gasteiger partial charge in [0.15, 0.2) is 0 Å². The summed E-state index contributed by atoms with van der Waals surface area (Å²) < 4.78 is 2.08. The maximum atomic E-state index is 8.90. The fourth-order valence-electron chi connectivity index (χ4n) is 3.01. The molecule has 134 valence electrons.